The van der Waals surface area contributed by atoms with E-state index in [9.17, 15) is 4.39 Å². The van der Waals surface area contributed by atoms with Gasteiger partial charge in [0.25, 0.3) is 0 Å². The Morgan fingerprint density at radius 3 is 2.46 bits per heavy atom. The van der Waals surface area contributed by atoms with Gasteiger partial charge in [-0.3, -0.25) is 9.97 Å². The number of rotatable bonds is 5. The first kappa shape index (κ1) is 16.2. The number of aromatic nitrogens is 3. The molecule has 128 valence electrons. The lowest BCUT2D eigenvalue weighted by Crippen LogP contribution is -2.00. The van der Waals surface area contributed by atoms with Crippen LogP contribution in [0.15, 0.2) is 79.8 Å². The molecule has 4 rings (SSSR count). The normalized spacial score (nSPS) is 11.0. The fourth-order valence-electron chi connectivity index (χ4n) is 3.33. The summed E-state index contributed by atoms with van der Waals surface area (Å²) in [5.74, 6) is -0.248. The van der Waals surface area contributed by atoms with Gasteiger partial charge in [-0.05, 0) is 48.4 Å². The second kappa shape index (κ2) is 6.92. The summed E-state index contributed by atoms with van der Waals surface area (Å²) in [4.78, 5) is 8.78. The van der Waals surface area contributed by atoms with Crippen LogP contribution < -0.4 is 0 Å². The average molecular weight is 343 g/mol. The Hall–Kier alpha value is -3.27. The van der Waals surface area contributed by atoms with Crippen molar-refractivity contribution in [1.29, 1.82) is 0 Å². The number of hydrogen-bond donors (Lipinski definition) is 0. The summed E-state index contributed by atoms with van der Waals surface area (Å²) >= 11 is 0. The monoisotopic (exact) mass is 343 g/mol. The van der Waals surface area contributed by atoms with Crippen molar-refractivity contribution in [2.75, 3.05) is 0 Å². The van der Waals surface area contributed by atoms with E-state index in [2.05, 4.69) is 27.2 Å². The zero-order valence-electron chi connectivity index (χ0n) is 14.3. The number of fused-ring (bicyclic) bond motifs is 1. The van der Waals surface area contributed by atoms with E-state index in [0.29, 0.717) is 0 Å². The number of aryl methyl sites for hydroxylation is 1. The van der Waals surface area contributed by atoms with Gasteiger partial charge in [0, 0.05) is 36.3 Å². The predicted molar refractivity (Wildman–Crippen MR) is 103 cm³/mol. The Morgan fingerprint density at radius 2 is 1.73 bits per heavy atom. The fraction of sp³-hybridized carbons (Fsp3) is 0.0909. The number of benzene rings is 1. The molecule has 0 saturated carbocycles. The first-order valence-electron chi connectivity index (χ1n) is 8.54. The predicted octanol–water partition coefficient (Wildman–Crippen LogP) is 5.48. The lowest BCUT2D eigenvalue weighted by atomic mass is 10.0. The summed E-state index contributed by atoms with van der Waals surface area (Å²) in [5.41, 5.74) is 6.04. The molecule has 0 radical (unpaired) electrons. The minimum atomic E-state index is -0.248. The fourth-order valence-corrected chi connectivity index (χ4v) is 3.33. The van der Waals surface area contributed by atoms with E-state index in [1.807, 2.05) is 24.3 Å². The Kier molecular flexibility index (Phi) is 4.32. The second-order valence-electron chi connectivity index (χ2n) is 6.07. The molecule has 1 aromatic carbocycles. The number of pyridine rings is 2. The van der Waals surface area contributed by atoms with Crippen LogP contribution in [0.4, 0.5) is 4.39 Å². The van der Waals surface area contributed by atoms with Crippen LogP contribution in [0.2, 0.25) is 0 Å². The molecule has 0 amide bonds. The van der Waals surface area contributed by atoms with Gasteiger partial charge in [0.05, 0.1) is 16.7 Å². The van der Waals surface area contributed by atoms with E-state index in [1.165, 1.54) is 12.1 Å². The molecule has 0 aliphatic rings. The Labute approximate surface area is 151 Å². The van der Waals surface area contributed by atoms with Gasteiger partial charge in [-0.15, -0.1) is 6.58 Å². The van der Waals surface area contributed by atoms with Gasteiger partial charge in [0.1, 0.15) is 5.82 Å². The summed E-state index contributed by atoms with van der Waals surface area (Å²) in [6, 6.07) is 14.6. The van der Waals surface area contributed by atoms with Gasteiger partial charge in [-0.25, -0.2) is 4.39 Å². The first-order valence-corrected chi connectivity index (χ1v) is 8.54. The summed E-state index contributed by atoms with van der Waals surface area (Å²) in [6.07, 6.45) is 8.12. The molecule has 26 heavy (non-hydrogen) atoms. The van der Waals surface area contributed by atoms with Crippen LogP contribution in [-0.4, -0.2) is 14.5 Å². The Bertz CT molecular complexity index is 1050. The molecule has 0 saturated heterocycles. The van der Waals surface area contributed by atoms with Gasteiger partial charge in [0.15, 0.2) is 0 Å². The number of nitrogens with zero attached hydrogens (tertiary/aromatic N) is 3. The summed E-state index contributed by atoms with van der Waals surface area (Å²) in [5, 5.41) is 0. The van der Waals surface area contributed by atoms with Crippen LogP contribution >= 0.6 is 0 Å². The quantitative estimate of drug-likeness (QED) is 0.449. The molecule has 3 nitrogen and oxygen atoms in total. The van der Waals surface area contributed by atoms with Crippen molar-refractivity contribution in [2.45, 2.75) is 13.0 Å². The van der Waals surface area contributed by atoms with Crippen molar-refractivity contribution in [3.63, 3.8) is 0 Å². The Morgan fingerprint density at radius 1 is 0.962 bits per heavy atom. The maximum atomic E-state index is 13.5. The smallest absolute Gasteiger partial charge is 0.123 e. The molecule has 0 N–H and O–H groups in total. The van der Waals surface area contributed by atoms with E-state index >= 15 is 0 Å². The lowest BCUT2D eigenvalue weighted by molar-refractivity contribution is 0.628. The molecule has 0 aliphatic heterocycles. The molecule has 0 aliphatic carbocycles. The van der Waals surface area contributed by atoms with Crippen LogP contribution in [0, 0.1) is 5.82 Å². The standard InChI is InChI=1S/C22H18FN3/c1-2-3-15-26-19-5-4-12-25-21(19)20(16-6-8-18(23)9-7-16)22(26)17-10-13-24-14-11-17/h2,4-14H,1,3,15H2. The molecule has 0 unspecified atom stereocenters. The van der Waals surface area contributed by atoms with E-state index in [1.54, 1.807) is 30.7 Å². The highest BCUT2D eigenvalue weighted by Crippen LogP contribution is 2.40. The van der Waals surface area contributed by atoms with E-state index in [0.717, 1.165) is 46.4 Å². The van der Waals surface area contributed by atoms with Crippen LogP contribution in [0.1, 0.15) is 6.42 Å². The van der Waals surface area contributed by atoms with Gasteiger partial charge < -0.3 is 4.57 Å². The molecule has 3 heterocycles. The summed E-state index contributed by atoms with van der Waals surface area (Å²) in [6.45, 7) is 4.65. The number of halogens is 1. The van der Waals surface area contributed by atoms with Crippen molar-refractivity contribution >= 4 is 11.0 Å². The highest BCUT2D eigenvalue weighted by molar-refractivity contribution is 6.02. The molecular formula is C22H18FN3. The van der Waals surface area contributed by atoms with Crippen molar-refractivity contribution in [3.8, 4) is 22.4 Å². The molecular weight excluding hydrogens is 325 g/mol. The van der Waals surface area contributed by atoms with Crippen LogP contribution in [0.25, 0.3) is 33.4 Å². The maximum absolute atomic E-state index is 13.5. The lowest BCUT2D eigenvalue weighted by Gasteiger charge is -2.12. The highest BCUT2D eigenvalue weighted by Gasteiger charge is 2.20. The third-order valence-corrected chi connectivity index (χ3v) is 4.46. The third-order valence-electron chi connectivity index (χ3n) is 4.46. The molecule has 0 spiro atoms. The minimum absolute atomic E-state index is 0.248. The van der Waals surface area contributed by atoms with E-state index in [-0.39, 0.29) is 5.82 Å². The molecule has 0 bridgehead atoms. The van der Waals surface area contributed by atoms with Crippen LogP contribution in [0.3, 0.4) is 0 Å². The minimum Gasteiger partial charge on any atom is -0.338 e. The molecule has 3 aromatic heterocycles. The van der Waals surface area contributed by atoms with Crippen molar-refractivity contribution < 1.29 is 4.39 Å². The Balaban J connectivity index is 2.08. The van der Waals surface area contributed by atoms with Gasteiger partial charge in [-0.1, -0.05) is 18.2 Å². The first-order chi connectivity index (χ1) is 12.8. The van der Waals surface area contributed by atoms with Crippen molar-refractivity contribution in [2.24, 2.45) is 0 Å². The maximum Gasteiger partial charge on any atom is 0.123 e. The summed E-state index contributed by atoms with van der Waals surface area (Å²) < 4.78 is 15.7. The zero-order chi connectivity index (χ0) is 17.9. The second-order valence-corrected chi connectivity index (χ2v) is 6.07. The van der Waals surface area contributed by atoms with E-state index < -0.39 is 0 Å². The molecule has 0 atom stereocenters. The van der Waals surface area contributed by atoms with Gasteiger partial charge >= 0.3 is 0 Å². The SMILES string of the molecule is C=CCCn1c(-c2ccncc2)c(-c2ccc(F)cc2)c2ncccc21. The largest absolute Gasteiger partial charge is 0.338 e. The third kappa shape index (κ3) is 2.80. The van der Waals surface area contributed by atoms with Crippen molar-refractivity contribution in [3.05, 3.63) is 85.6 Å². The van der Waals surface area contributed by atoms with Crippen molar-refractivity contribution in [1.82, 2.24) is 14.5 Å². The van der Waals surface area contributed by atoms with Gasteiger partial charge in [-0.2, -0.15) is 0 Å². The highest BCUT2D eigenvalue weighted by atomic mass is 19.1. The summed E-state index contributed by atoms with van der Waals surface area (Å²) in [7, 11) is 0. The van der Waals surface area contributed by atoms with E-state index in [4.69, 9.17) is 0 Å². The molecule has 4 heteroatoms. The van der Waals surface area contributed by atoms with Crippen LogP contribution in [0.5, 0.6) is 0 Å². The molecule has 4 aromatic rings. The zero-order valence-corrected chi connectivity index (χ0v) is 14.3. The topological polar surface area (TPSA) is 30.7 Å². The number of hydrogen-bond acceptors (Lipinski definition) is 2. The van der Waals surface area contributed by atoms with Gasteiger partial charge in [0.2, 0.25) is 0 Å². The van der Waals surface area contributed by atoms with Crippen LogP contribution in [-0.2, 0) is 6.54 Å². The number of allylic oxidation sites excluding steroid dienone is 1. The molecule has 0 fully saturated rings. The average Bonchev–Trinajstić information content (AvgIpc) is 3.02.